The second kappa shape index (κ2) is 11.6. The molecule has 3 aromatic rings. The average Bonchev–Trinajstić information content (AvgIpc) is 3.24. The number of carboxylic acid groups (broad SMARTS) is 1. The predicted molar refractivity (Wildman–Crippen MR) is 134 cm³/mol. The van der Waals surface area contributed by atoms with Crippen molar-refractivity contribution in [3.05, 3.63) is 87.5 Å². The number of hydrogen-bond donors (Lipinski definition) is 1. The molecule has 11 heteroatoms. The molecule has 0 fully saturated rings. The number of fused-ring (bicyclic) bond motifs is 3. The Labute approximate surface area is 218 Å². The van der Waals surface area contributed by atoms with Crippen molar-refractivity contribution in [3.63, 3.8) is 0 Å². The first-order valence-corrected chi connectivity index (χ1v) is 11.6. The van der Waals surface area contributed by atoms with Crippen molar-refractivity contribution < 1.29 is 38.9 Å². The molecule has 0 radical (unpaired) electrons. The van der Waals surface area contributed by atoms with Crippen molar-refractivity contribution in [3.8, 4) is 22.6 Å². The molecule has 0 bridgehead atoms. The number of nitrogens with zero attached hydrogens (tertiary/aromatic N) is 2. The van der Waals surface area contributed by atoms with E-state index in [9.17, 15) is 25.1 Å². The van der Waals surface area contributed by atoms with Crippen molar-refractivity contribution in [2.75, 3.05) is 27.4 Å². The number of carboxylic acids is 1. The number of hydrogen-bond acceptors (Lipinski definition) is 9. The van der Waals surface area contributed by atoms with Gasteiger partial charge in [0.15, 0.2) is 17.5 Å². The Kier molecular flexibility index (Phi) is 8.07. The van der Waals surface area contributed by atoms with E-state index in [4.69, 9.17) is 18.9 Å². The van der Waals surface area contributed by atoms with Crippen LogP contribution in [0.25, 0.3) is 11.1 Å². The third-order valence-corrected chi connectivity index (χ3v) is 6.20. The standard InChI is InChI=1S/C27H26N2O9/c1-35-24-11-16(23(29(33)34)12-25(24)36-2)13-37-15-22(26(30)31)28-27(32)38-14-21-19-9-5-3-7-17(19)18-8-4-6-10-20(18)21/h3-12,21-22H,13-15H2,1-2H3,(H,28,32)(H,30,31)/p-1/t22-/m1/s1. The molecule has 0 heterocycles. The third-order valence-electron chi connectivity index (χ3n) is 6.20. The van der Waals surface area contributed by atoms with Gasteiger partial charge in [0.25, 0.3) is 5.69 Å². The highest BCUT2D eigenvalue weighted by Gasteiger charge is 2.27. The molecule has 4 rings (SSSR count). The average molecular weight is 522 g/mol. The zero-order chi connectivity index (χ0) is 27.2. The van der Waals surface area contributed by atoms with Crippen LogP contribution >= 0.6 is 0 Å². The first kappa shape index (κ1) is 26.4. The van der Waals surface area contributed by atoms with E-state index in [0.29, 0.717) is 0 Å². The van der Waals surface area contributed by atoms with Gasteiger partial charge in [-0.3, -0.25) is 15.1 Å². The molecular weight excluding hydrogens is 496 g/mol. The first-order valence-electron chi connectivity index (χ1n) is 11.6. The Bertz CT molecular complexity index is 1330. The van der Waals surface area contributed by atoms with Crippen LogP contribution in [0.15, 0.2) is 65.7 Å². The molecule has 0 unspecified atom stereocenters. The molecule has 1 N–H and O–H groups in total. The molecule has 0 saturated heterocycles. The molecule has 38 heavy (non-hydrogen) atoms. The highest BCUT2D eigenvalue weighted by atomic mass is 16.6. The van der Waals surface area contributed by atoms with Gasteiger partial charge >= 0.3 is 5.97 Å². The Morgan fingerprint density at radius 1 is 1.03 bits per heavy atom. The Morgan fingerprint density at radius 2 is 1.61 bits per heavy atom. The van der Waals surface area contributed by atoms with Gasteiger partial charge in [-0.25, -0.2) is 4.79 Å². The highest BCUT2D eigenvalue weighted by molar-refractivity contribution is 5.79. The maximum absolute atomic E-state index is 12.4. The number of aliphatic carboxylic acids is 1. The summed E-state index contributed by atoms with van der Waals surface area (Å²) in [6.07, 6.45) is -1.04. The summed E-state index contributed by atoms with van der Waals surface area (Å²) in [5, 5.41) is 33.4. The molecule has 0 spiro atoms. The maximum Gasteiger partial charge on any atom is 0.330 e. The Balaban J connectivity index is 1.42. The summed E-state index contributed by atoms with van der Waals surface area (Å²) in [6, 6.07) is 16.6. The summed E-state index contributed by atoms with van der Waals surface area (Å²) in [4.78, 5) is 26.2. The lowest BCUT2D eigenvalue weighted by atomic mass is 9.98. The van der Waals surface area contributed by atoms with Crippen LogP contribution in [0.1, 0.15) is 22.6 Å². The van der Waals surface area contributed by atoms with Gasteiger partial charge < -0.3 is 29.2 Å². The van der Waals surface area contributed by atoms with Crippen molar-refractivity contribution in [2.24, 2.45) is 4.99 Å². The van der Waals surface area contributed by atoms with Crippen LogP contribution in [0.3, 0.4) is 0 Å². The molecule has 0 aromatic heterocycles. The van der Waals surface area contributed by atoms with Gasteiger partial charge in [0, 0.05) is 12.5 Å². The number of aliphatic imine (C=N–C) groups is 1. The van der Waals surface area contributed by atoms with Crippen LogP contribution in [0.4, 0.5) is 5.69 Å². The Morgan fingerprint density at radius 3 is 2.16 bits per heavy atom. The van der Waals surface area contributed by atoms with Crippen molar-refractivity contribution in [1.29, 1.82) is 0 Å². The zero-order valence-corrected chi connectivity index (χ0v) is 20.7. The molecule has 0 aliphatic heterocycles. The molecule has 3 aromatic carbocycles. The summed E-state index contributed by atoms with van der Waals surface area (Å²) >= 11 is 0. The van der Waals surface area contributed by atoms with Gasteiger partial charge in [0.1, 0.15) is 6.08 Å². The SMILES string of the molecule is COc1cc(COC[C@@H](N=C([O-])OCC2c3ccccc3-c3ccccc32)C(=O)O)c([N+](=O)[O-])cc1OC. The van der Waals surface area contributed by atoms with Crippen LogP contribution < -0.4 is 14.6 Å². The largest absolute Gasteiger partial charge is 0.599 e. The van der Waals surface area contributed by atoms with E-state index in [1.165, 1.54) is 26.4 Å². The van der Waals surface area contributed by atoms with E-state index in [1.807, 2.05) is 48.5 Å². The van der Waals surface area contributed by atoms with Crippen LogP contribution in [-0.2, 0) is 20.9 Å². The maximum atomic E-state index is 12.4. The quantitative estimate of drug-likeness (QED) is 0.173. The fourth-order valence-electron chi connectivity index (χ4n) is 4.40. The molecule has 1 atom stereocenters. The van der Waals surface area contributed by atoms with Gasteiger partial charge in [-0.05, 0) is 28.3 Å². The lowest BCUT2D eigenvalue weighted by molar-refractivity contribution is -0.386. The van der Waals surface area contributed by atoms with Crippen molar-refractivity contribution in [1.82, 2.24) is 0 Å². The summed E-state index contributed by atoms with van der Waals surface area (Å²) in [5.41, 5.74) is 3.98. The van der Waals surface area contributed by atoms with E-state index in [2.05, 4.69) is 4.99 Å². The zero-order valence-electron chi connectivity index (χ0n) is 20.7. The molecule has 11 nitrogen and oxygen atoms in total. The van der Waals surface area contributed by atoms with E-state index in [-0.39, 0.29) is 41.9 Å². The molecule has 198 valence electrons. The number of rotatable bonds is 11. The van der Waals surface area contributed by atoms with E-state index < -0.39 is 29.6 Å². The van der Waals surface area contributed by atoms with Gasteiger partial charge in [0.05, 0.1) is 44.0 Å². The summed E-state index contributed by atoms with van der Waals surface area (Å²) < 4.78 is 21.0. The number of benzene rings is 3. The monoisotopic (exact) mass is 521 g/mol. The number of methoxy groups -OCH3 is 2. The molecular formula is C27H25N2O9-. The van der Waals surface area contributed by atoms with Gasteiger partial charge in [-0.15, -0.1) is 0 Å². The third kappa shape index (κ3) is 5.52. The predicted octanol–water partition coefficient (Wildman–Crippen LogP) is 3.13. The topological polar surface area (TPSA) is 153 Å². The number of nitro benzene ring substituents is 1. The molecule has 1 aliphatic rings. The number of nitro groups is 1. The Hall–Kier alpha value is -4.64. The van der Waals surface area contributed by atoms with Crippen molar-refractivity contribution in [2.45, 2.75) is 18.6 Å². The smallest absolute Gasteiger partial charge is 0.330 e. The number of ether oxygens (including phenoxy) is 4. The summed E-state index contributed by atoms with van der Waals surface area (Å²) in [5.74, 6) is -1.20. The minimum Gasteiger partial charge on any atom is -0.599 e. The van der Waals surface area contributed by atoms with Crippen LogP contribution in [0, 0.1) is 10.1 Å². The van der Waals surface area contributed by atoms with E-state index in [0.717, 1.165) is 22.3 Å². The fraction of sp³-hybridized carbons (Fsp3) is 0.259. The lowest BCUT2D eigenvalue weighted by Crippen LogP contribution is -2.31. The van der Waals surface area contributed by atoms with Gasteiger partial charge in [0.2, 0.25) is 0 Å². The molecule has 0 amide bonds. The lowest BCUT2D eigenvalue weighted by Gasteiger charge is -2.22. The van der Waals surface area contributed by atoms with Crippen LogP contribution in [-0.4, -0.2) is 55.6 Å². The van der Waals surface area contributed by atoms with E-state index >= 15 is 0 Å². The number of carbonyl (C=O) groups is 1. The first-order chi connectivity index (χ1) is 18.3. The van der Waals surface area contributed by atoms with Gasteiger partial charge in [-0.2, -0.15) is 0 Å². The minimum absolute atomic E-state index is 0.0125. The minimum atomic E-state index is -1.56. The van der Waals surface area contributed by atoms with Crippen LogP contribution in [0.2, 0.25) is 0 Å². The summed E-state index contributed by atoms with van der Waals surface area (Å²) in [6.45, 7) is -0.840. The van der Waals surface area contributed by atoms with E-state index in [1.54, 1.807) is 0 Å². The van der Waals surface area contributed by atoms with Gasteiger partial charge in [-0.1, -0.05) is 48.5 Å². The van der Waals surface area contributed by atoms with Crippen molar-refractivity contribution >= 4 is 17.7 Å². The summed E-state index contributed by atoms with van der Waals surface area (Å²) in [7, 11) is 2.72. The molecule has 0 saturated carbocycles. The normalized spacial score (nSPS) is 13.4. The van der Waals surface area contributed by atoms with Crippen LogP contribution in [0.5, 0.6) is 11.5 Å². The second-order valence-corrected chi connectivity index (χ2v) is 8.40. The molecule has 1 aliphatic carbocycles. The fourth-order valence-corrected chi connectivity index (χ4v) is 4.40. The highest BCUT2D eigenvalue weighted by Crippen LogP contribution is 2.44. The second-order valence-electron chi connectivity index (χ2n) is 8.40.